The van der Waals surface area contributed by atoms with Crippen LogP contribution < -0.4 is 5.32 Å². The van der Waals surface area contributed by atoms with E-state index in [0.29, 0.717) is 18.9 Å². The van der Waals surface area contributed by atoms with Crippen molar-refractivity contribution in [2.75, 3.05) is 6.54 Å². The summed E-state index contributed by atoms with van der Waals surface area (Å²) in [5, 5.41) is 11.6. The molecule has 0 aromatic carbocycles. The molecule has 0 saturated carbocycles. The van der Waals surface area contributed by atoms with Crippen LogP contribution in [0.15, 0.2) is 0 Å². The van der Waals surface area contributed by atoms with E-state index < -0.39 is 11.4 Å². The van der Waals surface area contributed by atoms with E-state index in [2.05, 4.69) is 5.32 Å². The largest absolute Gasteiger partial charge is 0.481 e. The molecule has 4 nitrogen and oxygen atoms in total. The van der Waals surface area contributed by atoms with E-state index in [1.54, 1.807) is 0 Å². The Morgan fingerprint density at radius 1 is 1.24 bits per heavy atom. The second-order valence-electron chi connectivity index (χ2n) is 5.89. The Morgan fingerprint density at radius 3 is 2.18 bits per heavy atom. The van der Waals surface area contributed by atoms with Gasteiger partial charge in [0, 0.05) is 18.4 Å². The Balaban J connectivity index is 4.25. The highest BCUT2D eigenvalue weighted by Crippen LogP contribution is 2.27. The van der Waals surface area contributed by atoms with Gasteiger partial charge in [-0.1, -0.05) is 34.6 Å². The third-order valence-electron chi connectivity index (χ3n) is 2.67. The minimum absolute atomic E-state index is 0.00318. The van der Waals surface area contributed by atoms with Crippen LogP contribution in [0.4, 0.5) is 0 Å². The summed E-state index contributed by atoms with van der Waals surface area (Å²) < 4.78 is 0. The van der Waals surface area contributed by atoms with E-state index in [0.717, 1.165) is 0 Å². The van der Waals surface area contributed by atoms with Crippen molar-refractivity contribution in [2.45, 2.75) is 47.5 Å². The molecule has 0 aliphatic heterocycles. The van der Waals surface area contributed by atoms with Crippen molar-refractivity contribution in [3.63, 3.8) is 0 Å². The van der Waals surface area contributed by atoms with Crippen LogP contribution in [0.5, 0.6) is 0 Å². The van der Waals surface area contributed by atoms with Crippen LogP contribution in [0.2, 0.25) is 0 Å². The summed E-state index contributed by atoms with van der Waals surface area (Å²) in [6.07, 6.45) is 0.699. The van der Waals surface area contributed by atoms with E-state index in [9.17, 15) is 9.59 Å². The number of hydrogen-bond donors (Lipinski definition) is 2. The summed E-state index contributed by atoms with van der Waals surface area (Å²) in [6, 6.07) is 0. The first-order chi connectivity index (χ1) is 7.65. The molecule has 1 unspecified atom stereocenters. The molecule has 0 spiro atoms. The van der Waals surface area contributed by atoms with Gasteiger partial charge in [-0.15, -0.1) is 0 Å². The van der Waals surface area contributed by atoms with Gasteiger partial charge in [-0.05, 0) is 18.3 Å². The number of rotatable bonds is 7. The number of carboxylic acids is 1. The van der Waals surface area contributed by atoms with Crippen molar-refractivity contribution in [2.24, 2.45) is 17.3 Å². The normalized spacial score (nSPS) is 13.5. The lowest BCUT2D eigenvalue weighted by atomic mass is 9.81. The Hall–Kier alpha value is -1.06. The Kier molecular flexibility index (Phi) is 6.21. The molecule has 4 heteroatoms. The molecule has 100 valence electrons. The lowest BCUT2D eigenvalue weighted by Gasteiger charge is -2.26. The first-order valence-electron chi connectivity index (χ1n) is 6.15. The molecule has 0 aliphatic rings. The number of carbonyl (C=O) groups is 2. The summed E-state index contributed by atoms with van der Waals surface area (Å²) in [7, 11) is 0. The van der Waals surface area contributed by atoms with Gasteiger partial charge in [-0.3, -0.25) is 9.59 Å². The predicted molar refractivity (Wildman–Crippen MR) is 67.7 cm³/mol. The van der Waals surface area contributed by atoms with Gasteiger partial charge < -0.3 is 10.4 Å². The average Bonchev–Trinajstić information content (AvgIpc) is 2.11. The van der Waals surface area contributed by atoms with Crippen molar-refractivity contribution in [1.29, 1.82) is 0 Å². The van der Waals surface area contributed by atoms with Gasteiger partial charge in [0.2, 0.25) is 5.91 Å². The maximum Gasteiger partial charge on any atom is 0.303 e. The maximum absolute atomic E-state index is 11.9. The zero-order valence-corrected chi connectivity index (χ0v) is 11.5. The molecule has 0 aromatic rings. The standard InChI is InChI=1S/C13H25NO3/c1-9(2)8-14-12(17)13(4,5)7-10(3)6-11(15)16/h9-10H,6-8H2,1-5H3,(H,14,17)(H,15,16). The molecule has 1 atom stereocenters. The number of hydrogen-bond acceptors (Lipinski definition) is 2. The zero-order valence-electron chi connectivity index (χ0n) is 11.5. The summed E-state index contributed by atoms with van der Waals surface area (Å²) in [4.78, 5) is 22.5. The molecule has 0 rings (SSSR count). The second-order valence-corrected chi connectivity index (χ2v) is 5.89. The number of carboxylic acid groups (broad SMARTS) is 1. The number of nitrogens with one attached hydrogen (secondary N) is 1. The Labute approximate surface area is 104 Å². The topological polar surface area (TPSA) is 66.4 Å². The first kappa shape index (κ1) is 15.9. The van der Waals surface area contributed by atoms with Gasteiger partial charge in [-0.25, -0.2) is 0 Å². The highest BCUT2D eigenvalue weighted by atomic mass is 16.4. The van der Waals surface area contributed by atoms with Crippen LogP contribution in [0, 0.1) is 17.3 Å². The fraction of sp³-hybridized carbons (Fsp3) is 0.846. The van der Waals surface area contributed by atoms with Gasteiger partial charge in [0.25, 0.3) is 0 Å². The minimum Gasteiger partial charge on any atom is -0.481 e. The number of amides is 1. The van der Waals surface area contributed by atoms with E-state index in [4.69, 9.17) is 5.11 Å². The van der Waals surface area contributed by atoms with Crippen LogP contribution in [0.1, 0.15) is 47.5 Å². The van der Waals surface area contributed by atoms with Crippen LogP contribution >= 0.6 is 0 Å². The van der Waals surface area contributed by atoms with Crippen LogP contribution in [-0.4, -0.2) is 23.5 Å². The third kappa shape index (κ3) is 6.97. The molecule has 0 aromatic heterocycles. The van der Waals surface area contributed by atoms with E-state index in [1.807, 2.05) is 34.6 Å². The monoisotopic (exact) mass is 243 g/mol. The SMILES string of the molecule is CC(C)CNC(=O)C(C)(C)CC(C)CC(=O)O. The molecule has 2 N–H and O–H groups in total. The van der Waals surface area contributed by atoms with Crippen molar-refractivity contribution in [3.8, 4) is 0 Å². The highest BCUT2D eigenvalue weighted by Gasteiger charge is 2.29. The molecular formula is C13H25NO3. The molecule has 0 fully saturated rings. The second kappa shape index (κ2) is 6.62. The quantitative estimate of drug-likeness (QED) is 0.721. The molecule has 17 heavy (non-hydrogen) atoms. The van der Waals surface area contributed by atoms with Crippen LogP contribution in [0.25, 0.3) is 0 Å². The van der Waals surface area contributed by atoms with Gasteiger partial charge in [0.05, 0.1) is 0 Å². The fourth-order valence-corrected chi connectivity index (χ4v) is 1.87. The molecule has 0 heterocycles. The van der Waals surface area contributed by atoms with Crippen molar-refractivity contribution < 1.29 is 14.7 Å². The summed E-state index contributed by atoms with van der Waals surface area (Å²) >= 11 is 0. The smallest absolute Gasteiger partial charge is 0.303 e. The van der Waals surface area contributed by atoms with Gasteiger partial charge in [-0.2, -0.15) is 0 Å². The molecule has 0 saturated heterocycles. The maximum atomic E-state index is 11.9. The molecule has 0 aliphatic carbocycles. The fourth-order valence-electron chi connectivity index (χ4n) is 1.87. The summed E-state index contributed by atoms with van der Waals surface area (Å²) in [6.45, 7) is 10.3. The third-order valence-corrected chi connectivity index (χ3v) is 2.67. The van der Waals surface area contributed by atoms with E-state index >= 15 is 0 Å². The molecular weight excluding hydrogens is 218 g/mol. The average molecular weight is 243 g/mol. The predicted octanol–water partition coefficient (Wildman–Crippen LogP) is 2.29. The minimum atomic E-state index is -0.809. The van der Waals surface area contributed by atoms with Gasteiger partial charge in [0.15, 0.2) is 0 Å². The first-order valence-corrected chi connectivity index (χ1v) is 6.15. The lowest BCUT2D eigenvalue weighted by molar-refractivity contribution is -0.139. The summed E-state index contributed by atoms with van der Waals surface area (Å²) in [5.74, 6) is -0.377. The van der Waals surface area contributed by atoms with Crippen LogP contribution in [-0.2, 0) is 9.59 Å². The zero-order chi connectivity index (χ0) is 13.6. The molecule has 0 bridgehead atoms. The van der Waals surface area contributed by atoms with E-state index in [1.165, 1.54) is 0 Å². The number of aliphatic carboxylic acids is 1. The number of carbonyl (C=O) groups excluding carboxylic acids is 1. The van der Waals surface area contributed by atoms with Crippen LogP contribution in [0.3, 0.4) is 0 Å². The van der Waals surface area contributed by atoms with Gasteiger partial charge in [0.1, 0.15) is 0 Å². The summed E-state index contributed by atoms with van der Waals surface area (Å²) in [5.41, 5.74) is -0.510. The molecule has 0 radical (unpaired) electrons. The van der Waals surface area contributed by atoms with Crippen molar-refractivity contribution >= 4 is 11.9 Å². The Morgan fingerprint density at radius 2 is 1.76 bits per heavy atom. The van der Waals surface area contributed by atoms with Crippen molar-refractivity contribution in [1.82, 2.24) is 5.32 Å². The van der Waals surface area contributed by atoms with Crippen molar-refractivity contribution in [3.05, 3.63) is 0 Å². The highest BCUT2D eigenvalue weighted by molar-refractivity contribution is 5.81. The van der Waals surface area contributed by atoms with E-state index in [-0.39, 0.29) is 18.2 Å². The molecule has 1 amide bonds. The Bertz CT molecular complexity index is 272. The van der Waals surface area contributed by atoms with Gasteiger partial charge >= 0.3 is 5.97 Å². The lowest BCUT2D eigenvalue weighted by Crippen LogP contribution is -2.39.